The lowest BCUT2D eigenvalue weighted by Gasteiger charge is -2.38. The van der Waals surface area contributed by atoms with Crippen molar-refractivity contribution in [3.05, 3.63) is 0 Å². The number of urea groups is 1. The summed E-state index contributed by atoms with van der Waals surface area (Å²) < 4.78 is 0. The molecule has 0 spiro atoms. The summed E-state index contributed by atoms with van der Waals surface area (Å²) in [5, 5.41) is 2.20. The Hall–Kier alpha value is -1.92. The van der Waals surface area contributed by atoms with E-state index in [1.807, 2.05) is 0 Å². The van der Waals surface area contributed by atoms with Gasteiger partial charge in [0.2, 0.25) is 17.7 Å². The molecule has 1 aliphatic rings. The first-order valence-corrected chi connectivity index (χ1v) is 6.34. The number of nitrogens with one attached hydrogen (secondary N) is 1. The maximum absolute atomic E-state index is 12.3. The van der Waals surface area contributed by atoms with Crippen molar-refractivity contribution in [2.45, 2.75) is 39.5 Å². The molecule has 0 radical (unpaired) electrons. The molecule has 106 valence electrons. The summed E-state index contributed by atoms with van der Waals surface area (Å²) in [5.41, 5.74) is 3.83. The number of amides is 5. The van der Waals surface area contributed by atoms with Crippen molar-refractivity contribution in [1.82, 2.24) is 10.2 Å². The van der Waals surface area contributed by atoms with Gasteiger partial charge < -0.3 is 5.73 Å². The topological polar surface area (TPSA) is 110 Å². The second-order valence-electron chi connectivity index (χ2n) is 4.58. The summed E-state index contributed by atoms with van der Waals surface area (Å²) in [6.07, 6.45) is 1.05. The maximum atomic E-state index is 12.3. The van der Waals surface area contributed by atoms with Crippen molar-refractivity contribution in [2.24, 2.45) is 11.1 Å². The van der Waals surface area contributed by atoms with Crippen molar-refractivity contribution in [2.75, 3.05) is 6.54 Å². The minimum Gasteiger partial charge on any atom is -0.370 e. The number of primary amides is 1. The monoisotopic (exact) mass is 269 g/mol. The molecule has 0 bridgehead atoms. The van der Waals surface area contributed by atoms with Gasteiger partial charge in [0.05, 0.1) is 0 Å². The van der Waals surface area contributed by atoms with Gasteiger partial charge in [0.25, 0.3) is 0 Å². The summed E-state index contributed by atoms with van der Waals surface area (Å²) in [4.78, 5) is 47.5. The summed E-state index contributed by atoms with van der Waals surface area (Å²) in [7, 11) is 0. The molecule has 0 aromatic heterocycles. The van der Waals surface area contributed by atoms with E-state index in [1.54, 1.807) is 13.8 Å². The minimum atomic E-state index is -1.18. The first-order chi connectivity index (χ1) is 8.89. The second-order valence-corrected chi connectivity index (χ2v) is 4.58. The van der Waals surface area contributed by atoms with Crippen LogP contribution in [0.5, 0.6) is 0 Å². The van der Waals surface area contributed by atoms with Gasteiger partial charge >= 0.3 is 6.03 Å². The van der Waals surface area contributed by atoms with Gasteiger partial charge in [0.1, 0.15) is 5.41 Å². The van der Waals surface area contributed by atoms with E-state index in [2.05, 4.69) is 5.32 Å². The van der Waals surface area contributed by atoms with Crippen LogP contribution in [0.3, 0.4) is 0 Å². The lowest BCUT2D eigenvalue weighted by molar-refractivity contribution is -0.152. The second kappa shape index (κ2) is 5.81. The fourth-order valence-corrected chi connectivity index (χ4v) is 2.22. The largest absolute Gasteiger partial charge is 0.370 e. The van der Waals surface area contributed by atoms with Gasteiger partial charge in [-0.2, -0.15) is 0 Å². The molecule has 1 aliphatic heterocycles. The maximum Gasteiger partial charge on any atom is 0.330 e. The molecular weight excluding hydrogens is 250 g/mol. The summed E-state index contributed by atoms with van der Waals surface area (Å²) in [6, 6.07) is -0.725. The SMILES string of the molecule is CCC1(CC)C(=O)NC(=O)N(CCCC(N)=O)C1=O. The van der Waals surface area contributed by atoms with Crippen molar-refractivity contribution in [1.29, 1.82) is 0 Å². The first-order valence-electron chi connectivity index (χ1n) is 6.34. The average Bonchev–Trinajstić information content (AvgIpc) is 2.34. The lowest BCUT2D eigenvalue weighted by Crippen LogP contribution is -2.63. The van der Waals surface area contributed by atoms with Crippen LogP contribution in [0.25, 0.3) is 0 Å². The van der Waals surface area contributed by atoms with E-state index in [9.17, 15) is 19.2 Å². The van der Waals surface area contributed by atoms with E-state index in [1.165, 1.54) is 0 Å². The zero-order valence-corrected chi connectivity index (χ0v) is 11.2. The van der Waals surface area contributed by atoms with Crippen LogP contribution in [-0.4, -0.2) is 35.2 Å². The molecule has 7 nitrogen and oxygen atoms in total. The number of imide groups is 2. The van der Waals surface area contributed by atoms with Crippen molar-refractivity contribution >= 4 is 23.8 Å². The highest BCUT2D eigenvalue weighted by Gasteiger charge is 2.51. The first kappa shape index (κ1) is 15.1. The molecule has 7 heteroatoms. The van der Waals surface area contributed by atoms with Crippen LogP contribution >= 0.6 is 0 Å². The Bertz CT molecular complexity index is 415. The van der Waals surface area contributed by atoms with Crippen LogP contribution in [0.15, 0.2) is 0 Å². The number of nitrogens with zero attached hydrogens (tertiary/aromatic N) is 1. The predicted molar refractivity (Wildman–Crippen MR) is 66.7 cm³/mol. The summed E-state index contributed by atoms with van der Waals surface area (Å²) >= 11 is 0. The zero-order chi connectivity index (χ0) is 14.6. The summed E-state index contributed by atoms with van der Waals surface area (Å²) in [5.74, 6) is -1.52. The van der Waals surface area contributed by atoms with Crippen molar-refractivity contribution < 1.29 is 19.2 Å². The average molecular weight is 269 g/mol. The minimum absolute atomic E-state index is 0.0859. The number of barbiturate groups is 1. The molecule has 0 aromatic carbocycles. The molecule has 5 amide bonds. The van der Waals surface area contributed by atoms with E-state index in [4.69, 9.17) is 5.73 Å². The van der Waals surface area contributed by atoms with Gasteiger partial charge in [-0.25, -0.2) is 4.79 Å². The molecule has 1 fully saturated rings. The molecule has 0 aromatic rings. The predicted octanol–water partition coefficient (Wildman–Crippen LogP) is 0.137. The molecule has 1 heterocycles. The van der Waals surface area contributed by atoms with Gasteiger partial charge in [0.15, 0.2) is 0 Å². The zero-order valence-electron chi connectivity index (χ0n) is 11.2. The Morgan fingerprint density at radius 3 is 2.32 bits per heavy atom. The quantitative estimate of drug-likeness (QED) is 0.668. The molecule has 3 N–H and O–H groups in total. The molecule has 19 heavy (non-hydrogen) atoms. The highest BCUT2D eigenvalue weighted by atomic mass is 16.2. The summed E-state index contributed by atoms with van der Waals surface area (Å²) in [6.45, 7) is 3.55. The van der Waals surface area contributed by atoms with Crippen LogP contribution in [0.4, 0.5) is 4.79 Å². The Kier molecular flexibility index (Phi) is 4.63. The molecule has 0 saturated carbocycles. The van der Waals surface area contributed by atoms with Crippen LogP contribution in [-0.2, 0) is 14.4 Å². The molecular formula is C12H19N3O4. The van der Waals surface area contributed by atoms with Gasteiger partial charge in [0, 0.05) is 13.0 Å². The molecule has 0 atom stereocenters. The van der Waals surface area contributed by atoms with Gasteiger partial charge in [-0.3, -0.25) is 24.6 Å². The number of nitrogens with two attached hydrogens (primary N) is 1. The van der Waals surface area contributed by atoms with E-state index in [0.29, 0.717) is 19.3 Å². The molecule has 1 saturated heterocycles. The number of carbonyl (C=O) groups excluding carboxylic acids is 4. The van der Waals surface area contributed by atoms with E-state index in [0.717, 1.165) is 4.90 Å². The molecule has 1 rings (SSSR count). The van der Waals surface area contributed by atoms with E-state index in [-0.39, 0.29) is 13.0 Å². The third kappa shape index (κ3) is 2.74. The third-order valence-electron chi connectivity index (χ3n) is 3.57. The van der Waals surface area contributed by atoms with Gasteiger partial charge in [-0.05, 0) is 19.3 Å². The lowest BCUT2D eigenvalue weighted by atomic mass is 9.78. The van der Waals surface area contributed by atoms with Gasteiger partial charge in [-0.15, -0.1) is 0 Å². The molecule has 0 aliphatic carbocycles. The van der Waals surface area contributed by atoms with Crippen LogP contribution in [0.1, 0.15) is 39.5 Å². The Balaban J connectivity index is 2.86. The van der Waals surface area contributed by atoms with Crippen LogP contribution in [0, 0.1) is 5.41 Å². The number of hydrogen-bond acceptors (Lipinski definition) is 4. The highest BCUT2D eigenvalue weighted by Crippen LogP contribution is 2.32. The van der Waals surface area contributed by atoms with Crippen molar-refractivity contribution in [3.63, 3.8) is 0 Å². The normalized spacial score (nSPS) is 18.4. The number of rotatable bonds is 6. The number of hydrogen-bond donors (Lipinski definition) is 2. The Morgan fingerprint density at radius 2 is 1.84 bits per heavy atom. The van der Waals surface area contributed by atoms with Crippen molar-refractivity contribution in [3.8, 4) is 0 Å². The van der Waals surface area contributed by atoms with Crippen LogP contribution < -0.4 is 11.1 Å². The fraction of sp³-hybridized carbons (Fsp3) is 0.667. The van der Waals surface area contributed by atoms with Crippen LogP contribution in [0.2, 0.25) is 0 Å². The van der Waals surface area contributed by atoms with E-state index >= 15 is 0 Å². The van der Waals surface area contributed by atoms with Gasteiger partial charge in [-0.1, -0.05) is 13.8 Å². The third-order valence-corrected chi connectivity index (χ3v) is 3.57. The standard InChI is InChI=1S/C12H19N3O4/c1-3-12(4-2)9(17)14-11(19)15(10(12)18)7-5-6-8(13)16/h3-7H2,1-2H3,(H2,13,16)(H,14,17,19). The highest BCUT2D eigenvalue weighted by molar-refractivity contribution is 6.19. The smallest absolute Gasteiger partial charge is 0.330 e. The molecule has 0 unspecified atom stereocenters. The van der Waals surface area contributed by atoms with E-state index < -0.39 is 29.2 Å². The number of carbonyl (C=O) groups is 4. The fourth-order valence-electron chi connectivity index (χ4n) is 2.22. The Labute approximate surface area is 111 Å². The Morgan fingerprint density at radius 1 is 1.26 bits per heavy atom.